The minimum atomic E-state index is 0.875. The molecule has 0 saturated carbocycles. The highest BCUT2D eigenvalue weighted by atomic mass is 15.2. The summed E-state index contributed by atoms with van der Waals surface area (Å²) >= 11 is 0. The summed E-state index contributed by atoms with van der Waals surface area (Å²) in [6.45, 7) is 0. The lowest BCUT2D eigenvalue weighted by atomic mass is 9.94. The van der Waals surface area contributed by atoms with Crippen molar-refractivity contribution in [3.05, 3.63) is 346 Å². The molecular weight excluding hydrogens is 1230 g/mol. The van der Waals surface area contributed by atoms with E-state index in [4.69, 9.17) is 9.97 Å². The van der Waals surface area contributed by atoms with Crippen molar-refractivity contribution in [3.63, 3.8) is 0 Å². The number of aromatic nitrogens is 9. The van der Waals surface area contributed by atoms with E-state index in [1.54, 1.807) is 0 Å². The van der Waals surface area contributed by atoms with Gasteiger partial charge in [0.2, 0.25) is 5.95 Å². The number of hydrogen-bond acceptors (Lipinski definition) is 4. The number of para-hydroxylation sites is 7. The maximum atomic E-state index is 5.22. The van der Waals surface area contributed by atoms with Crippen LogP contribution < -0.4 is 0 Å². The van der Waals surface area contributed by atoms with Crippen LogP contribution in [-0.2, 0) is 0 Å². The number of imidazole rings is 1. The van der Waals surface area contributed by atoms with Gasteiger partial charge in [-0.15, -0.1) is 0 Å². The molecule has 9 nitrogen and oxygen atoms in total. The van der Waals surface area contributed by atoms with Crippen LogP contribution in [0.25, 0.3) is 192 Å². The second kappa shape index (κ2) is 22.4. The SMILES string of the molecule is c1ccc(-n2c(-n3c4ccccc4c4cc(-c5ccc6c(c5)c5ccncc5n6-c5ccccc5)ccc43)nc3ccccc32)cc1.c1ccc(-n2c3ccc(-c4ccc5c(c4)c4ccncc4n5-c4ccc5c6ccccc6c6ccccc6c5c4)cc3c3c4ccccc4ncc32)cc1. The molecule has 8 heterocycles. The van der Waals surface area contributed by atoms with Crippen molar-refractivity contribution in [2.75, 3.05) is 0 Å². The summed E-state index contributed by atoms with van der Waals surface area (Å²) in [4.78, 5) is 19.2. The summed E-state index contributed by atoms with van der Waals surface area (Å²) in [6, 6.07) is 113. The smallest absolute Gasteiger partial charge is 0.220 e. The fourth-order valence-corrected chi connectivity index (χ4v) is 16.3. The number of benzene rings is 14. The molecule has 0 aliphatic heterocycles. The Bertz CT molecular complexity index is 7100. The second-order valence-electron chi connectivity index (χ2n) is 26.2. The van der Waals surface area contributed by atoms with Crippen LogP contribution in [0.1, 0.15) is 0 Å². The minimum Gasteiger partial charge on any atom is -0.308 e. The molecule has 22 rings (SSSR count). The Kier molecular flexibility index (Phi) is 12.5. The van der Waals surface area contributed by atoms with Gasteiger partial charge in [0.15, 0.2) is 0 Å². The van der Waals surface area contributed by atoms with E-state index >= 15 is 0 Å². The van der Waals surface area contributed by atoms with Crippen LogP contribution in [0.15, 0.2) is 346 Å². The Morgan fingerprint density at radius 3 is 1.14 bits per heavy atom. The molecule has 0 radical (unpaired) electrons. The number of fused-ring (bicyclic) bond motifs is 21. The van der Waals surface area contributed by atoms with Crippen molar-refractivity contribution in [2.45, 2.75) is 0 Å². The van der Waals surface area contributed by atoms with Crippen LogP contribution in [0.3, 0.4) is 0 Å². The Balaban J connectivity index is 0.000000133. The fraction of sp³-hybridized carbons (Fsp3) is 0. The van der Waals surface area contributed by atoms with E-state index in [0.29, 0.717) is 0 Å². The van der Waals surface area contributed by atoms with Gasteiger partial charge in [-0.1, -0.05) is 182 Å². The van der Waals surface area contributed by atoms with E-state index in [1.807, 2.05) is 31.0 Å². The normalized spacial score (nSPS) is 12.0. The van der Waals surface area contributed by atoms with Crippen LogP contribution in [0.4, 0.5) is 0 Å². The zero-order valence-electron chi connectivity index (χ0n) is 54.4. The Morgan fingerprint density at radius 1 is 0.198 bits per heavy atom. The van der Waals surface area contributed by atoms with Crippen molar-refractivity contribution < 1.29 is 0 Å². The van der Waals surface area contributed by atoms with Crippen molar-refractivity contribution in [3.8, 4) is 51.0 Å². The first-order chi connectivity index (χ1) is 50.1. The summed E-state index contributed by atoms with van der Waals surface area (Å²) in [5, 5.41) is 18.4. The lowest BCUT2D eigenvalue weighted by Crippen LogP contribution is -2.05. The molecule has 9 heteroatoms. The average Bonchev–Trinajstić information content (AvgIpc) is 1.70. The average molecular weight is 1290 g/mol. The molecule has 470 valence electrons. The van der Waals surface area contributed by atoms with E-state index in [1.165, 1.54) is 109 Å². The molecule has 0 aliphatic rings. The van der Waals surface area contributed by atoms with Gasteiger partial charge < -0.3 is 13.7 Å². The van der Waals surface area contributed by atoms with Gasteiger partial charge in [-0.3, -0.25) is 24.1 Å². The van der Waals surface area contributed by atoms with Gasteiger partial charge in [-0.2, -0.15) is 0 Å². The van der Waals surface area contributed by atoms with Crippen molar-refractivity contribution in [1.29, 1.82) is 0 Å². The molecule has 0 atom stereocenters. The summed E-state index contributed by atoms with van der Waals surface area (Å²) in [5.74, 6) is 0.875. The van der Waals surface area contributed by atoms with Gasteiger partial charge in [0.05, 0.1) is 79.3 Å². The number of nitrogens with zero attached hydrogens (tertiary/aromatic N) is 9. The van der Waals surface area contributed by atoms with Crippen molar-refractivity contribution in [1.82, 2.24) is 42.8 Å². The quantitative estimate of drug-likeness (QED) is 0.149. The fourth-order valence-electron chi connectivity index (χ4n) is 16.3. The Hall–Kier alpha value is -13.8. The molecule has 0 amide bonds. The van der Waals surface area contributed by atoms with Gasteiger partial charge in [-0.25, -0.2) is 4.98 Å². The Labute approximate surface area is 578 Å². The molecule has 0 bridgehead atoms. The zero-order chi connectivity index (χ0) is 66.2. The molecule has 0 spiro atoms. The monoisotopic (exact) mass is 1290 g/mol. The van der Waals surface area contributed by atoms with Gasteiger partial charge in [-0.05, 0) is 188 Å². The predicted molar refractivity (Wildman–Crippen MR) is 419 cm³/mol. The largest absolute Gasteiger partial charge is 0.308 e. The summed E-state index contributed by atoms with van der Waals surface area (Å²) in [5.41, 5.74) is 21.2. The highest BCUT2D eigenvalue weighted by molar-refractivity contribution is 6.26. The second-order valence-corrected chi connectivity index (χ2v) is 26.2. The van der Waals surface area contributed by atoms with Gasteiger partial charge in [0, 0.05) is 83.6 Å². The maximum absolute atomic E-state index is 5.22. The summed E-state index contributed by atoms with van der Waals surface area (Å²) in [7, 11) is 0. The van der Waals surface area contributed by atoms with E-state index in [9.17, 15) is 0 Å². The lowest BCUT2D eigenvalue weighted by molar-refractivity contribution is 0.956. The van der Waals surface area contributed by atoms with Crippen LogP contribution in [0.5, 0.6) is 0 Å². The molecule has 0 saturated heterocycles. The first kappa shape index (κ1) is 56.4. The highest BCUT2D eigenvalue weighted by Crippen LogP contribution is 2.44. The van der Waals surface area contributed by atoms with Gasteiger partial charge >= 0.3 is 0 Å². The van der Waals surface area contributed by atoms with Crippen molar-refractivity contribution in [2.24, 2.45) is 0 Å². The van der Waals surface area contributed by atoms with E-state index in [-0.39, 0.29) is 0 Å². The summed E-state index contributed by atoms with van der Waals surface area (Å²) in [6.07, 6.45) is 9.78. The highest BCUT2D eigenvalue weighted by Gasteiger charge is 2.23. The zero-order valence-corrected chi connectivity index (χ0v) is 54.4. The van der Waals surface area contributed by atoms with Crippen molar-refractivity contribution >= 4 is 141 Å². The Morgan fingerprint density at radius 2 is 0.584 bits per heavy atom. The number of rotatable bonds is 7. The molecule has 14 aromatic carbocycles. The van der Waals surface area contributed by atoms with Crippen LogP contribution in [-0.4, -0.2) is 42.8 Å². The standard InChI is InChI=1S/C50H30N4.C42H27N5/c1-2-10-33(11-3-1)53-47-23-19-32(27-44(47)50-41-16-8-9-17-45(41)52-30-49(50)53)31-18-22-46-43(26-31)40-24-25-51-29-48(40)54(46)34-20-21-39-37-14-5-4-12-35(37)36-13-6-7-15-38(36)42(39)28-34;1-3-11-30(12-4-1)45-38-21-19-28(26-35(38)33-23-24-43-27-41(33)45)29-20-22-39-34(25-29)32-15-7-9-17-37(32)47(39)42-44-36-16-8-10-18-40(36)46(42)31-13-5-2-6-14-31/h1-30H;1-27H. The number of pyridine rings is 3. The van der Waals surface area contributed by atoms with E-state index in [2.05, 4.69) is 348 Å². The third-order valence-electron chi connectivity index (χ3n) is 20.8. The minimum absolute atomic E-state index is 0.875. The van der Waals surface area contributed by atoms with Crippen LogP contribution in [0, 0.1) is 0 Å². The molecule has 0 fully saturated rings. The molecule has 101 heavy (non-hydrogen) atoms. The van der Waals surface area contributed by atoms with Crippen LogP contribution in [0.2, 0.25) is 0 Å². The molecular formula is C92H57N9. The first-order valence-electron chi connectivity index (χ1n) is 34.2. The van der Waals surface area contributed by atoms with Gasteiger partial charge in [0.1, 0.15) is 0 Å². The van der Waals surface area contributed by atoms with Gasteiger partial charge in [0.25, 0.3) is 0 Å². The van der Waals surface area contributed by atoms with E-state index in [0.717, 1.165) is 83.7 Å². The topological polar surface area (TPSA) is 76.2 Å². The molecule has 22 aromatic rings. The third kappa shape index (κ3) is 8.70. The van der Waals surface area contributed by atoms with Crippen LogP contribution >= 0.6 is 0 Å². The molecule has 0 unspecified atom stereocenters. The third-order valence-corrected chi connectivity index (χ3v) is 20.8. The molecule has 8 aromatic heterocycles. The predicted octanol–water partition coefficient (Wildman–Crippen LogP) is 23.2. The molecule has 0 N–H and O–H groups in total. The lowest BCUT2D eigenvalue weighted by Gasteiger charge is -2.13. The first-order valence-corrected chi connectivity index (χ1v) is 34.2. The maximum Gasteiger partial charge on any atom is 0.220 e. The summed E-state index contributed by atoms with van der Waals surface area (Å²) < 4.78 is 11.6. The molecule has 0 aliphatic carbocycles. The number of hydrogen-bond donors (Lipinski definition) is 0. The van der Waals surface area contributed by atoms with E-state index < -0.39 is 0 Å².